The summed E-state index contributed by atoms with van der Waals surface area (Å²) in [6.45, 7) is 1.52. The van der Waals surface area contributed by atoms with Crippen LogP contribution in [0.3, 0.4) is 0 Å². The molecular weight excluding hydrogens is 242 g/mol. The van der Waals surface area contributed by atoms with Crippen LogP contribution in [0.2, 0.25) is 0 Å². The van der Waals surface area contributed by atoms with Crippen molar-refractivity contribution in [3.05, 3.63) is 63.7 Å². The average Bonchev–Trinajstić information content (AvgIpc) is 2.81. The number of nitrogen functional groups attached to an aromatic ring is 1. The molecule has 0 aliphatic carbocycles. The van der Waals surface area contributed by atoms with Gasteiger partial charge in [0.25, 0.3) is 5.69 Å². The van der Waals surface area contributed by atoms with Gasteiger partial charge < -0.3 is 10.6 Å². The molecule has 19 heavy (non-hydrogen) atoms. The first-order valence-electron chi connectivity index (χ1n) is 6.00. The van der Waals surface area contributed by atoms with Crippen LogP contribution in [0, 0.1) is 10.1 Å². The fourth-order valence-corrected chi connectivity index (χ4v) is 2.42. The first kappa shape index (κ1) is 11.5. The summed E-state index contributed by atoms with van der Waals surface area (Å²) < 4.78 is 0. The molecule has 1 aliphatic heterocycles. The minimum atomic E-state index is -0.414. The first-order valence-corrected chi connectivity index (χ1v) is 6.00. The monoisotopic (exact) mass is 255 g/mol. The lowest BCUT2D eigenvalue weighted by Crippen LogP contribution is -2.14. The Morgan fingerprint density at radius 2 is 1.74 bits per heavy atom. The Morgan fingerprint density at radius 1 is 1.11 bits per heavy atom. The van der Waals surface area contributed by atoms with Crippen LogP contribution in [0.15, 0.2) is 42.5 Å². The fourth-order valence-electron chi connectivity index (χ4n) is 2.42. The molecule has 0 spiro atoms. The number of nitrogens with zero attached hydrogens (tertiary/aromatic N) is 2. The zero-order valence-electron chi connectivity index (χ0n) is 10.2. The summed E-state index contributed by atoms with van der Waals surface area (Å²) in [5, 5.41) is 10.9. The number of nitrogens with two attached hydrogens (primary N) is 1. The number of anilines is 2. The number of fused-ring (bicyclic) bond motifs is 1. The standard InChI is InChI=1S/C14H13N3O2/c15-12-5-13(7-14(6-12)17(18)19)16-8-10-3-1-2-4-11(10)9-16/h1-7H,8-9,15H2. The van der Waals surface area contributed by atoms with Crippen molar-refractivity contribution in [1.82, 2.24) is 0 Å². The van der Waals surface area contributed by atoms with Crippen molar-refractivity contribution >= 4 is 17.1 Å². The van der Waals surface area contributed by atoms with Gasteiger partial charge in [0.05, 0.1) is 4.92 Å². The number of hydrogen-bond donors (Lipinski definition) is 1. The van der Waals surface area contributed by atoms with Crippen molar-refractivity contribution in [2.45, 2.75) is 13.1 Å². The van der Waals surface area contributed by atoms with E-state index in [4.69, 9.17) is 5.73 Å². The fraction of sp³-hybridized carbons (Fsp3) is 0.143. The van der Waals surface area contributed by atoms with Crippen LogP contribution in [0.1, 0.15) is 11.1 Å². The van der Waals surface area contributed by atoms with E-state index in [0.29, 0.717) is 5.69 Å². The Hall–Kier alpha value is -2.56. The molecule has 5 nitrogen and oxygen atoms in total. The van der Waals surface area contributed by atoms with Crippen molar-refractivity contribution in [3.63, 3.8) is 0 Å². The molecule has 1 heterocycles. The molecular formula is C14H13N3O2. The quantitative estimate of drug-likeness (QED) is 0.508. The molecule has 0 amide bonds. The molecule has 0 atom stereocenters. The highest BCUT2D eigenvalue weighted by molar-refractivity contribution is 5.64. The van der Waals surface area contributed by atoms with E-state index in [1.54, 1.807) is 12.1 Å². The van der Waals surface area contributed by atoms with Crippen molar-refractivity contribution < 1.29 is 4.92 Å². The lowest BCUT2D eigenvalue weighted by Gasteiger charge is -2.17. The molecule has 0 unspecified atom stereocenters. The normalized spacial score (nSPS) is 13.4. The lowest BCUT2D eigenvalue weighted by molar-refractivity contribution is -0.384. The Labute approximate surface area is 110 Å². The summed E-state index contributed by atoms with van der Waals surface area (Å²) in [6, 6.07) is 12.9. The Bertz CT molecular complexity index is 630. The second kappa shape index (κ2) is 4.28. The largest absolute Gasteiger partial charge is 0.398 e. The van der Waals surface area contributed by atoms with Crippen LogP contribution in [0.4, 0.5) is 17.1 Å². The molecule has 0 saturated heterocycles. The van der Waals surface area contributed by atoms with Gasteiger partial charge in [-0.25, -0.2) is 0 Å². The SMILES string of the molecule is Nc1cc(N2Cc3ccccc3C2)cc([N+](=O)[O-])c1. The number of nitro benzene ring substituents is 1. The van der Waals surface area contributed by atoms with Crippen LogP contribution < -0.4 is 10.6 Å². The highest BCUT2D eigenvalue weighted by atomic mass is 16.6. The highest BCUT2D eigenvalue weighted by Gasteiger charge is 2.20. The van der Waals surface area contributed by atoms with E-state index in [1.807, 2.05) is 12.1 Å². The Morgan fingerprint density at radius 3 is 2.32 bits per heavy atom. The maximum atomic E-state index is 10.9. The van der Waals surface area contributed by atoms with Gasteiger partial charge in [-0.2, -0.15) is 0 Å². The highest BCUT2D eigenvalue weighted by Crippen LogP contribution is 2.31. The predicted molar refractivity (Wildman–Crippen MR) is 73.8 cm³/mol. The number of non-ortho nitro benzene ring substituents is 1. The molecule has 2 N–H and O–H groups in total. The summed E-state index contributed by atoms with van der Waals surface area (Å²) in [5.74, 6) is 0. The van der Waals surface area contributed by atoms with Gasteiger partial charge in [-0.1, -0.05) is 24.3 Å². The molecule has 96 valence electrons. The zero-order chi connectivity index (χ0) is 13.4. The molecule has 5 heteroatoms. The zero-order valence-corrected chi connectivity index (χ0v) is 10.2. The minimum Gasteiger partial charge on any atom is -0.398 e. The third kappa shape index (κ3) is 2.10. The van der Waals surface area contributed by atoms with E-state index in [-0.39, 0.29) is 5.69 Å². The smallest absolute Gasteiger partial charge is 0.273 e. The molecule has 1 aliphatic rings. The first-order chi connectivity index (χ1) is 9.13. The average molecular weight is 255 g/mol. The van der Waals surface area contributed by atoms with Gasteiger partial charge >= 0.3 is 0 Å². The van der Waals surface area contributed by atoms with Crippen LogP contribution in [-0.4, -0.2) is 4.92 Å². The second-order valence-corrected chi connectivity index (χ2v) is 4.66. The molecule has 0 aromatic heterocycles. The third-order valence-corrected chi connectivity index (χ3v) is 3.34. The summed E-state index contributed by atoms with van der Waals surface area (Å²) in [4.78, 5) is 12.5. The summed E-state index contributed by atoms with van der Waals surface area (Å²) >= 11 is 0. The molecule has 0 bridgehead atoms. The van der Waals surface area contributed by atoms with E-state index in [1.165, 1.54) is 17.2 Å². The molecule has 0 saturated carbocycles. The minimum absolute atomic E-state index is 0.0333. The van der Waals surface area contributed by atoms with Gasteiger partial charge in [0.15, 0.2) is 0 Å². The van der Waals surface area contributed by atoms with Crippen molar-refractivity contribution in [3.8, 4) is 0 Å². The molecule has 3 rings (SSSR count). The molecule has 0 fully saturated rings. The Kier molecular flexibility index (Phi) is 2.59. The van der Waals surface area contributed by atoms with Gasteiger partial charge in [-0.15, -0.1) is 0 Å². The second-order valence-electron chi connectivity index (χ2n) is 4.66. The number of rotatable bonds is 2. The molecule has 0 radical (unpaired) electrons. The topological polar surface area (TPSA) is 72.4 Å². The van der Waals surface area contributed by atoms with Crippen molar-refractivity contribution in [1.29, 1.82) is 0 Å². The van der Waals surface area contributed by atoms with Gasteiger partial charge in [-0.05, 0) is 17.2 Å². The van der Waals surface area contributed by atoms with Gasteiger partial charge in [0, 0.05) is 36.6 Å². The van der Waals surface area contributed by atoms with E-state index >= 15 is 0 Å². The van der Waals surface area contributed by atoms with E-state index < -0.39 is 4.92 Å². The summed E-state index contributed by atoms with van der Waals surface area (Å²) in [6.07, 6.45) is 0. The van der Waals surface area contributed by atoms with E-state index in [2.05, 4.69) is 17.0 Å². The third-order valence-electron chi connectivity index (χ3n) is 3.34. The number of nitro groups is 1. The molecule has 2 aromatic carbocycles. The predicted octanol–water partition coefficient (Wildman–Crippen LogP) is 2.70. The van der Waals surface area contributed by atoms with Crippen LogP contribution in [0.5, 0.6) is 0 Å². The lowest BCUT2D eigenvalue weighted by atomic mass is 10.1. The maximum absolute atomic E-state index is 10.9. The van der Waals surface area contributed by atoms with Crippen molar-refractivity contribution in [2.75, 3.05) is 10.6 Å². The van der Waals surface area contributed by atoms with Gasteiger partial charge in [0.1, 0.15) is 0 Å². The van der Waals surface area contributed by atoms with Crippen LogP contribution in [-0.2, 0) is 13.1 Å². The number of benzene rings is 2. The van der Waals surface area contributed by atoms with E-state index in [0.717, 1.165) is 18.8 Å². The van der Waals surface area contributed by atoms with E-state index in [9.17, 15) is 10.1 Å². The summed E-state index contributed by atoms with van der Waals surface area (Å²) in [5.41, 5.74) is 9.50. The number of hydrogen-bond acceptors (Lipinski definition) is 4. The summed E-state index contributed by atoms with van der Waals surface area (Å²) in [7, 11) is 0. The van der Waals surface area contributed by atoms with Crippen molar-refractivity contribution in [2.24, 2.45) is 0 Å². The van der Waals surface area contributed by atoms with Crippen LogP contribution >= 0.6 is 0 Å². The molecule has 2 aromatic rings. The Balaban J connectivity index is 1.95. The van der Waals surface area contributed by atoms with Gasteiger partial charge in [0.2, 0.25) is 0 Å². The van der Waals surface area contributed by atoms with Crippen LogP contribution in [0.25, 0.3) is 0 Å². The maximum Gasteiger partial charge on any atom is 0.273 e. The van der Waals surface area contributed by atoms with Gasteiger partial charge in [-0.3, -0.25) is 10.1 Å².